The Morgan fingerprint density at radius 1 is 1.09 bits per heavy atom. The maximum absolute atomic E-state index is 12.8. The molecule has 1 N–H and O–H groups in total. The Hall–Kier alpha value is -2.69. The zero-order chi connectivity index (χ0) is 15.6. The molecule has 4 rings (SSSR count). The van der Waals surface area contributed by atoms with E-state index in [1.807, 2.05) is 34.9 Å². The summed E-state index contributed by atoms with van der Waals surface area (Å²) in [6.45, 7) is 0. The molecule has 1 amide bonds. The molecule has 0 saturated heterocycles. The van der Waals surface area contributed by atoms with E-state index in [0.29, 0.717) is 11.6 Å². The zero-order valence-electron chi connectivity index (χ0n) is 12.8. The molecule has 0 unspecified atom stereocenters. The lowest BCUT2D eigenvalue weighted by Crippen LogP contribution is -2.33. The van der Waals surface area contributed by atoms with Gasteiger partial charge in [0.15, 0.2) is 0 Å². The van der Waals surface area contributed by atoms with Crippen molar-refractivity contribution in [3.8, 4) is 5.95 Å². The third-order valence-corrected chi connectivity index (χ3v) is 4.39. The summed E-state index contributed by atoms with van der Waals surface area (Å²) in [7, 11) is 0. The van der Waals surface area contributed by atoms with Crippen molar-refractivity contribution in [1.29, 1.82) is 0 Å². The molecule has 0 aliphatic heterocycles. The van der Waals surface area contributed by atoms with Crippen molar-refractivity contribution in [3.05, 3.63) is 54.5 Å². The molecule has 1 fully saturated rings. The zero-order valence-corrected chi connectivity index (χ0v) is 12.8. The number of carbonyl (C=O) groups excluding carboxylic acids is 1. The standard InChI is InChI=1S/C18H18N4O/c23-17(21-14-7-2-3-8-14)16-12-13-6-1-4-9-15(13)22(16)18-19-10-5-11-20-18/h1,4-6,9-12,14H,2-3,7-8H2,(H,21,23). The summed E-state index contributed by atoms with van der Waals surface area (Å²) < 4.78 is 1.83. The van der Waals surface area contributed by atoms with Gasteiger partial charge in [0.05, 0.1) is 5.52 Å². The highest BCUT2D eigenvalue weighted by molar-refractivity contribution is 5.99. The molecular formula is C18H18N4O. The highest BCUT2D eigenvalue weighted by Gasteiger charge is 2.22. The summed E-state index contributed by atoms with van der Waals surface area (Å²) in [5, 5.41) is 4.16. The van der Waals surface area contributed by atoms with Gasteiger partial charge in [0.1, 0.15) is 5.69 Å². The molecule has 23 heavy (non-hydrogen) atoms. The fourth-order valence-corrected chi connectivity index (χ4v) is 3.27. The number of amides is 1. The average Bonchev–Trinajstić information content (AvgIpc) is 3.22. The summed E-state index contributed by atoms with van der Waals surface area (Å²) in [5.74, 6) is 0.464. The average molecular weight is 306 g/mol. The lowest BCUT2D eigenvalue weighted by atomic mass is 10.2. The normalized spacial score (nSPS) is 15.1. The Bertz CT molecular complexity index is 835. The van der Waals surface area contributed by atoms with Gasteiger partial charge in [-0.15, -0.1) is 0 Å². The molecule has 1 aromatic carbocycles. The quantitative estimate of drug-likeness (QED) is 0.809. The first-order valence-electron chi connectivity index (χ1n) is 8.02. The minimum absolute atomic E-state index is 0.0550. The van der Waals surface area contributed by atoms with Crippen molar-refractivity contribution in [1.82, 2.24) is 19.9 Å². The summed E-state index contributed by atoms with van der Waals surface area (Å²) in [4.78, 5) is 21.4. The second kappa shape index (κ2) is 5.83. The molecule has 2 aromatic heterocycles. The predicted molar refractivity (Wildman–Crippen MR) is 88.6 cm³/mol. The first kappa shape index (κ1) is 13.9. The van der Waals surface area contributed by atoms with Crippen molar-refractivity contribution < 1.29 is 4.79 Å². The van der Waals surface area contributed by atoms with Crippen molar-refractivity contribution in [2.45, 2.75) is 31.7 Å². The number of para-hydroxylation sites is 1. The first-order chi connectivity index (χ1) is 11.3. The van der Waals surface area contributed by atoms with Gasteiger partial charge in [0, 0.05) is 23.8 Å². The highest BCUT2D eigenvalue weighted by atomic mass is 16.2. The Morgan fingerprint density at radius 2 is 1.83 bits per heavy atom. The molecule has 0 bridgehead atoms. The van der Waals surface area contributed by atoms with E-state index in [0.717, 1.165) is 23.7 Å². The van der Waals surface area contributed by atoms with Crippen LogP contribution in [0.4, 0.5) is 0 Å². The smallest absolute Gasteiger partial charge is 0.268 e. The predicted octanol–water partition coefficient (Wildman–Crippen LogP) is 3.09. The molecule has 0 radical (unpaired) electrons. The third-order valence-electron chi connectivity index (χ3n) is 4.39. The number of aromatic nitrogens is 3. The van der Waals surface area contributed by atoms with Gasteiger partial charge in [0.2, 0.25) is 5.95 Å². The maximum Gasteiger partial charge on any atom is 0.268 e. The summed E-state index contributed by atoms with van der Waals surface area (Å²) >= 11 is 0. The van der Waals surface area contributed by atoms with Crippen molar-refractivity contribution in [2.75, 3.05) is 0 Å². The molecule has 1 aliphatic rings. The van der Waals surface area contributed by atoms with Crippen LogP contribution in [0.3, 0.4) is 0 Å². The molecule has 2 heterocycles. The fourth-order valence-electron chi connectivity index (χ4n) is 3.27. The molecule has 1 saturated carbocycles. The van der Waals surface area contributed by atoms with Crippen LogP contribution in [0.1, 0.15) is 36.2 Å². The van der Waals surface area contributed by atoms with Crippen LogP contribution in [0.2, 0.25) is 0 Å². The van der Waals surface area contributed by atoms with Crippen LogP contribution < -0.4 is 5.32 Å². The van der Waals surface area contributed by atoms with Gasteiger partial charge in [-0.3, -0.25) is 9.36 Å². The second-order valence-corrected chi connectivity index (χ2v) is 5.93. The van der Waals surface area contributed by atoms with Crippen molar-refractivity contribution in [3.63, 3.8) is 0 Å². The minimum Gasteiger partial charge on any atom is -0.348 e. The van der Waals surface area contributed by atoms with Crippen LogP contribution in [0.25, 0.3) is 16.9 Å². The van der Waals surface area contributed by atoms with Gasteiger partial charge in [-0.25, -0.2) is 9.97 Å². The number of nitrogens with zero attached hydrogens (tertiary/aromatic N) is 3. The third kappa shape index (κ3) is 2.59. The second-order valence-electron chi connectivity index (χ2n) is 5.93. The number of hydrogen-bond donors (Lipinski definition) is 1. The van der Waals surface area contributed by atoms with Gasteiger partial charge in [-0.1, -0.05) is 31.0 Å². The largest absolute Gasteiger partial charge is 0.348 e. The van der Waals surface area contributed by atoms with E-state index in [-0.39, 0.29) is 11.9 Å². The lowest BCUT2D eigenvalue weighted by Gasteiger charge is -2.13. The first-order valence-corrected chi connectivity index (χ1v) is 8.02. The van der Waals surface area contributed by atoms with Gasteiger partial charge in [-0.2, -0.15) is 0 Å². The Labute approximate surface area is 134 Å². The SMILES string of the molecule is O=C(NC1CCCC1)c1cc2ccccc2n1-c1ncccn1. The lowest BCUT2D eigenvalue weighted by molar-refractivity contribution is 0.0931. The van der Waals surface area contributed by atoms with Crippen LogP contribution in [0, 0.1) is 0 Å². The van der Waals surface area contributed by atoms with Crippen molar-refractivity contribution >= 4 is 16.8 Å². The maximum atomic E-state index is 12.8. The Morgan fingerprint density at radius 3 is 2.61 bits per heavy atom. The molecular weight excluding hydrogens is 288 g/mol. The molecule has 5 nitrogen and oxygen atoms in total. The molecule has 5 heteroatoms. The van der Waals surface area contributed by atoms with Crippen LogP contribution >= 0.6 is 0 Å². The summed E-state index contributed by atoms with van der Waals surface area (Å²) in [6.07, 6.45) is 7.89. The van der Waals surface area contributed by atoms with Gasteiger partial charge < -0.3 is 5.32 Å². The number of rotatable bonds is 3. The number of benzene rings is 1. The van der Waals surface area contributed by atoms with Gasteiger partial charge in [-0.05, 0) is 31.0 Å². The van der Waals surface area contributed by atoms with E-state index < -0.39 is 0 Å². The van der Waals surface area contributed by atoms with Crippen LogP contribution in [0.15, 0.2) is 48.8 Å². The van der Waals surface area contributed by atoms with Crippen LogP contribution in [-0.2, 0) is 0 Å². The molecule has 3 aromatic rings. The number of carbonyl (C=O) groups is 1. The molecule has 0 spiro atoms. The number of nitrogens with one attached hydrogen (secondary N) is 1. The number of hydrogen-bond acceptors (Lipinski definition) is 3. The Kier molecular flexibility index (Phi) is 3.54. The molecule has 1 aliphatic carbocycles. The summed E-state index contributed by atoms with van der Waals surface area (Å²) in [5.41, 5.74) is 1.53. The van der Waals surface area contributed by atoms with E-state index in [4.69, 9.17) is 0 Å². The van der Waals surface area contributed by atoms with E-state index >= 15 is 0 Å². The van der Waals surface area contributed by atoms with Gasteiger partial charge in [0.25, 0.3) is 5.91 Å². The molecule has 116 valence electrons. The van der Waals surface area contributed by atoms with Crippen LogP contribution in [-0.4, -0.2) is 26.5 Å². The van der Waals surface area contributed by atoms with E-state index in [1.54, 1.807) is 18.5 Å². The topological polar surface area (TPSA) is 59.8 Å². The Balaban J connectivity index is 1.80. The van der Waals surface area contributed by atoms with Gasteiger partial charge >= 0.3 is 0 Å². The molecule has 0 atom stereocenters. The monoisotopic (exact) mass is 306 g/mol. The van der Waals surface area contributed by atoms with Crippen molar-refractivity contribution in [2.24, 2.45) is 0 Å². The van der Waals surface area contributed by atoms with E-state index in [9.17, 15) is 4.79 Å². The minimum atomic E-state index is -0.0550. The highest BCUT2D eigenvalue weighted by Crippen LogP contribution is 2.24. The summed E-state index contributed by atoms with van der Waals surface area (Å²) in [6, 6.07) is 11.9. The fraction of sp³-hybridized carbons (Fsp3) is 0.278. The van der Waals surface area contributed by atoms with E-state index in [2.05, 4.69) is 15.3 Å². The van der Waals surface area contributed by atoms with Crippen LogP contribution in [0.5, 0.6) is 0 Å². The number of fused-ring (bicyclic) bond motifs is 1. The van der Waals surface area contributed by atoms with E-state index in [1.165, 1.54) is 12.8 Å².